The first kappa shape index (κ1) is 17.4. The van der Waals surface area contributed by atoms with E-state index in [1.165, 1.54) is 16.7 Å². The van der Waals surface area contributed by atoms with Crippen molar-refractivity contribution in [2.45, 2.75) is 13.5 Å². The fourth-order valence-electron chi connectivity index (χ4n) is 2.38. The maximum Gasteiger partial charge on any atom is 0.266 e. The molecule has 1 aromatic carbocycles. The molecule has 7 heteroatoms. The van der Waals surface area contributed by atoms with Crippen LogP contribution in [0, 0.1) is 0 Å². The number of aromatic hydroxyl groups is 1. The predicted molar refractivity (Wildman–Crippen MR) is 102 cm³/mol. The van der Waals surface area contributed by atoms with E-state index in [-0.39, 0.29) is 11.7 Å². The van der Waals surface area contributed by atoms with Gasteiger partial charge >= 0.3 is 0 Å². The first-order chi connectivity index (χ1) is 12.1. The third-order valence-electron chi connectivity index (χ3n) is 3.55. The summed E-state index contributed by atoms with van der Waals surface area (Å²) in [5.41, 5.74) is 1.43. The number of rotatable bonds is 5. The van der Waals surface area contributed by atoms with Crippen LogP contribution >= 0.6 is 24.0 Å². The van der Waals surface area contributed by atoms with Gasteiger partial charge in [0.1, 0.15) is 4.32 Å². The largest absolute Gasteiger partial charge is 0.504 e. The number of hydrogen-bond donors (Lipinski definition) is 1. The van der Waals surface area contributed by atoms with Crippen LogP contribution < -0.4 is 4.74 Å². The standard InChI is InChI=1S/C18H16N2O3S2/c1-2-23-14-7-3-6-13(16(14)21)9-15-17(22)20(18(24)25-15)11-12-5-4-8-19-10-12/h3-10,21H,2,11H2,1H3/b15-9+. The smallest absolute Gasteiger partial charge is 0.266 e. The van der Waals surface area contributed by atoms with Gasteiger partial charge in [-0.3, -0.25) is 14.7 Å². The van der Waals surface area contributed by atoms with E-state index in [2.05, 4.69) is 4.98 Å². The third kappa shape index (κ3) is 3.83. The summed E-state index contributed by atoms with van der Waals surface area (Å²) in [6.45, 7) is 2.67. The molecule has 1 aromatic heterocycles. The monoisotopic (exact) mass is 372 g/mol. The summed E-state index contributed by atoms with van der Waals surface area (Å²) in [4.78, 5) is 18.7. The van der Waals surface area contributed by atoms with Gasteiger partial charge in [-0.2, -0.15) is 0 Å². The number of nitrogens with zero attached hydrogens (tertiary/aromatic N) is 2. The Labute approximate surface area is 155 Å². The van der Waals surface area contributed by atoms with Crippen molar-refractivity contribution in [2.75, 3.05) is 6.61 Å². The highest BCUT2D eigenvalue weighted by molar-refractivity contribution is 8.26. The van der Waals surface area contributed by atoms with E-state index >= 15 is 0 Å². The van der Waals surface area contributed by atoms with Crippen LogP contribution in [0.2, 0.25) is 0 Å². The molecule has 1 aliphatic rings. The lowest BCUT2D eigenvalue weighted by molar-refractivity contribution is -0.122. The van der Waals surface area contributed by atoms with Crippen LogP contribution in [0.15, 0.2) is 47.6 Å². The van der Waals surface area contributed by atoms with Gasteiger partial charge in [-0.1, -0.05) is 42.2 Å². The minimum Gasteiger partial charge on any atom is -0.504 e. The molecule has 0 saturated carbocycles. The second-order valence-corrected chi connectivity index (χ2v) is 6.93. The third-order valence-corrected chi connectivity index (χ3v) is 4.93. The number of aromatic nitrogens is 1. The summed E-state index contributed by atoms with van der Waals surface area (Å²) in [6, 6.07) is 8.90. The molecule has 0 aliphatic carbocycles. The summed E-state index contributed by atoms with van der Waals surface area (Å²) in [7, 11) is 0. The lowest BCUT2D eigenvalue weighted by Crippen LogP contribution is -2.27. The van der Waals surface area contributed by atoms with Crippen molar-refractivity contribution in [1.29, 1.82) is 0 Å². The zero-order chi connectivity index (χ0) is 17.8. The Hall–Kier alpha value is -2.38. The predicted octanol–water partition coefficient (Wildman–Crippen LogP) is 3.59. The number of amides is 1. The number of thiocarbonyl (C=S) groups is 1. The Bertz CT molecular complexity index is 837. The van der Waals surface area contributed by atoms with Crippen LogP contribution in [0.1, 0.15) is 18.1 Å². The van der Waals surface area contributed by atoms with Gasteiger partial charge in [0.25, 0.3) is 5.91 Å². The quantitative estimate of drug-likeness (QED) is 0.639. The van der Waals surface area contributed by atoms with E-state index in [4.69, 9.17) is 17.0 Å². The molecule has 2 aromatic rings. The first-order valence-electron chi connectivity index (χ1n) is 7.69. The minimum absolute atomic E-state index is 0.0156. The highest BCUT2D eigenvalue weighted by Crippen LogP contribution is 2.37. The molecule has 0 spiro atoms. The van der Waals surface area contributed by atoms with Gasteiger partial charge in [0, 0.05) is 18.0 Å². The lowest BCUT2D eigenvalue weighted by atomic mass is 10.1. The van der Waals surface area contributed by atoms with Crippen LogP contribution in [0.5, 0.6) is 11.5 Å². The molecule has 128 valence electrons. The van der Waals surface area contributed by atoms with Crippen LogP contribution in [-0.4, -0.2) is 31.8 Å². The molecule has 0 bridgehead atoms. The Morgan fingerprint density at radius 2 is 2.20 bits per heavy atom. The van der Waals surface area contributed by atoms with E-state index in [0.29, 0.717) is 33.7 Å². The molecule has 25 heavy (non-hydrogen) atoms. The van der Waals surface area contributed by atoms with Crippen molar-refractivity contribution >= 4 is 40.3 Å². The Morgan fingerprint density at radius 3 is 2.92 bits per heavy atom. The van der Waals surface area contributed by atoms with E-state index in [0.717, 1.165) is 5.56 Å². The number of para-hydroxylation sites is 1. The molecule has 5 nitrogen and oxygen atoms in total. The van der Waals surface area contributed by atoms with Gasteiger partial charge in [-0.25, -0.2) is 0 Å². The van der Waals surface area contributed by atoms with Crippen LogP contribution in [0.3, 0.4) is 0 Å². The Balaban J connectivity index is 1.84. The number of carbonyl (C=O) groups is 1. The maximum absolute atomic E-state index is 12.7. The second-order valence-electron chi connectivity index (χ2n) is 5.26. The molecule has 0 radical (unpaired) electrons. The Kier molecular flexibility index (Phi) is 5.35. The summed E-state index contributed by atoms with van der Waals surface area (Å²) >= 11 is 6.55. The number of thioether (sulfide) groups is 1. The molecule has 1 N–H and O–H groups in total. The molecular weight excluding hydrogens is 356 g/mol. The summed E-state index contributed by atoms with van der Waals surface area (Å²) in [5.74, 6) is 0.226. The van der Waals surface area contributed by atoms with E-state index in [1.54, 1.807) is 36.7 Å². The molecule has 3 rings (SSSR count). The number of benzene rings is 1. The van der Waals surface area contributed by atoms with Crippen molar-refractivity contribution in [3.63, 3.8) is 0 Å². The van der Waals surface area contributed by atoms with Crippen LogP contribution in [0.25, 0.3) is 6.08 Å². The number of hydrogen-bond acceptors (Lipinski definition) is 6. The SMILES string of the molecule is CCOc1cccc(/C=C2/SC(=S)N(Cc3cccnc3)C2=O)c1O. The van der Waals surface area contributed by atoms with E-state index in [9.17, 15) is 9.90 Å². The van der Waals surface area contributed by atoms with Gasteiger partial charge in [0.2, 0.25) is 0 Å². The van der Waals surface area contributed by atoms with Gasteiger partial charge in [-0.15, -0.1) is 0 Å². The zero-order valence-electron chi connectivity index (χ0n) is 13.5. The molecule has 1 fully saturated rings. The van der Waals surface area contributed by atoms with Gasteiger partial charge in [0.05, 0.1) is 18.1 Å². The molecule has 0 atom stereocenters. The molecule has 1 amide bonds. The average Bonchev–Trinajstić information content (AvgIpc) is 2.87. The normalized spacial score (nSPS) is 15.9. The fourth-order valence-corrected chi connectivity index (χ4v) is 3.63. The Morgan fingerprint density at radius 1 is 1.36 bits per heavy atom. The summed E-state index contributed by atoms with van der Waals surface area (Å²) < 4.78 is 5.86. The van der Waals surface area contributed by atoms with Crippen molar-refractivity contribution in [1.82, 2.24) is 9.88 Å². The van der Waals surface area contributed by atoms with Crippen LogP contribution in [0.4, 0.5) is 0 Å². The number of pyridine rings is 1. The average molecular weight is 372 g/mol. The molecule has 0 unspecified atom stereocenters. The fraction of sp³-hybridized carbons (Fsp3) is 0.167. The van der Waals surface area contributed by atoms with Gasteiger partial charge < -0.3 is 9.84 Å². The molecular formula is C18H16N2O3S2. The number of ether oxygens (including phenoxy) is 1. The highest BCUT2D eigenvalue weighted by Gasteiger charge is 2.32. The molecule has 1 aliphatic heterocycles. The molecule has 1 saturated heterocycles. The summed E-state index contributed by atoms with van der Waals surface area (Å²) in [6.07, 6.45) is 5.03. The minimum atomic E-state index is -0.180. The topological polar surface area (TPSA) is 62.7 Å². The van der Waals surface area contributed by atoms with E-state index in [1.807, 2.05) is 19.1 Å². The summed E-state index contributed by atoms with van der Waals surface area (Å²) in [5, 5.41) is 10.3. The molecule has 2 heterocycles. The van der Waals surface area contributed by atoms with Gasteiger partial charge in [0.15, 0.2) is 11.5 Å². The van der Waals surface area contributed by atoms with Crippen molar-refractivity contribution in [3.8, 4) is 11.5 Å². The van der Waals surface area contributed by atoms with Crippen molar-refractivity contribution < 1.29 is 14.6 Å². The van der Waals surface area contributed by atoms with Crippen LogP contribution in [-0.2, 0) is 11.3 Å². The van der Waals surface area contributed by atoms with Crippen molar-refractivity contribution in [2.24, 2.45) is 0 Å². The highest BCUT2D eigenvalue weighted by atomic mass is 32.2. The second kappa shape index (κ2) is 7.67. The number of carbonyl (C=O) groups excluding carboxylic acids is 1. The van der Waals surface area contributed by atoms with Gasteiger partial charge in [-0.05, 0) is 30.7 Å². The number of phenolic OH excluding ortho intramolecular Hbond substituents is 1. The van der Waals surface area contributed by atoms with E-state index < -0.39 is 0 Å². The number of phenols is 1. The van der Waals surface area contributed by atoms with Crippen molar-refractivity contribution in [3.05, 3.63) is 58.8 Å². The lowest BCUT2D eigenvalue weighted by Gasteiger charge is -2.13. The maximum atomic E-state index is 12.7. The first-order valence-corrected chi connectivity index (χ1v) is 8.91. The zero-order valence-corrected chi connectivity index (χ0v) is 15.1.